The fourth-order valence-corrected chi connectivity index (χ4v) is 4.54. The van der Waals surface area contributed by atoms with Crippen molar-refractivity contribution in [2.75, 3.05) is 13.6 Å². The van der Waals surface area contributed by atoms with Crippen molar-refractivity contribution in [3.63, 3.8) is 0 Å². The molecular formula is C21H25N5O3. The van der Waals surface area contributed by atoms with Crippen LogP contribution in [0.5, 0.6) is 5.88 Å². The normalized spacial score (nSPS) is 27.3. The molecule has 0 bridgehead atoms. The molecule has 0 saturated heterocycles. The summed E-state index contributed by atoms with van der Waals surface area (Å²) in [6, 6.07) is 3.65. The Morgan fingerprint density at radius 3 is 2.86 bits per heavy atom. The van der Waals surface area contributed by atoms with Crippen LogP contribution in [-0.4, -0.2) is 66.5 Å². The third-order valence-electron chi connectivity index (χ3n) is 6.23. The van der Waals surface area contributed by atoms with Crippen molar-refractivity contribution >= 4 is 11.0 Å². The van der Waals surface area contributed by atoms with Crippen LogP contribution < -0.4 is 4.74 Å². The smallest absolute Gasteiger partial charge is 0.218 e. The molecule has 1 saturated carbocycles. The van der Waals surface area contributed by atoms with Crippen molar-refractivity contribution in [2.24, 2.45) is 0 Å². The highest BCUT2D eigenvalue weighted by molar-refractivity contribution is 5.78. The van der Waals surface area contributed by atoms with Gasteiger partial charge in [0.25, 0.3) is 0 Å². The zero-order valence-corrected chi connectivity index (χ0v) is 16.6. The van der Waals surface area contributed by atoms with E-state index < -0.39 is 18.3 Å². The maximum atomic E-state index is 10.8. The van der Waals surface area contributed by atoms with Crippen molar-refractivity contribution in [1.82, 2.24) is 24.4 Å². The van der Waals surface area contributed by atoms with Crippen molar-refractivity contribution in [3.05, 3.63) is 47.7 Å². The Bertz CT molecular complexity index is 1050. The summed E-state index contributed by atoms with van der Waals surface area (Å²) in [6.45, 7) is 3.71. The number of likely N-dealkylation sites (N-methyl/N-ethyl adjacent to an activating group) is 1. The molecule has 1 aliphatic heterocycles. The Morgan fingerprint density at radius 2 is 2.00 bits per heavy atom. The van der Waals surface area contributed by atoms with Crippen molar-refractivity contribution in [3.8, 4) is 5.88 Å². The van der Waals surface area contributed by atoms with Gasteiger partial charge in [0, 0.05) is 42.9 Å². The molecule has 8 heteroatoms. The third-order valence-corrected chi connectivity index (χ3v) is 6.23. The molecule has 4 atom stereocenters. The average molecular weight is 395 g/mol. The number of pyridine rings is 1. The summed E-state index contributed by atoms with van der Waals surface area (Å²) < 4.78 is 8.09. The standard InChI is InChI=1S/C21H25N5O3/c1-12-14-5-8-26(20(14)24-11-23-12)16-9-17(19(28)18(16)27)29-21-15-10-25(2)7-4-13(15)3-6-22-21/h3,5-6,8,11,16-19,27-28H,4,7,9-10H2,1-2H3/t16-,17+,18+,19-/m1/s1. The number of ether oxygens (including phenoxy) is 1. The van der Waals surface area contributed by atoms with Crippen LogP contribution in [0.3, 0.4) is 0 Å². The highest BCUT2D eigenvalue weighted by Crippen LogP contribution is 2.37. The first-order valence-corrected chi connectivity index (χ1v) is 9.99. The predicted octanol–water partition coefficient (Wildman–Crippen LogP) is 1.24. The third kappa shape index (κ3) is 3.08. The molecule has 2 aliphatic rings. The Hall–Kier alpha value is -2.55. The van der Waals surface area contributed by atoms with Crippen LogP contribution in [0.25, 0.3) is 11.0 Å². The lowest BCUT2D eigenvalue weighted by atomic mass is 10.0. The summed E-state index contributed by atoms with van der Waals surface area (Å²) in [5.41, 5.74) is 3.95. The molecule has 1 aliphatic carbocycles. The van der Waals surface area contributed by atoms with Crippen LogP contribution in [0.15, 0.2) is 30.9 Å². The zero-order chi connectivity index (χ0) is 20.1. The minimum absolute atomic E-state index is 0.330. The van der Waals surface area contributed by atoms with Gasteiger partial charge in [-0.25, -0.2) is 15.0 Å². The fraction of sp³-hybridized carbons (Fsp3) is 0.476. The van der Waals surface area contributed by atoms with E-state index >= 15 is 0 Å². The Labute approximate surface area is 168 Å². The highest BCUT2D eigenvalue weighted by Gasteiger charge is 2.45. The van der Waals surface area contributed by atoms with Gasteiger partial charge in [-0.15, -0.1) is 0 Å². The first kappa shape index (κ1) is 18.5. The molecule has 5 rings (SSSR count). The maximum Gasteiger partial charge on any atom is 0.218 e. The largest absolute Gasteiger partial charge is 0.471 e. The molecular weight excluding hydrogens is 370 g/mol. The van der Waals surface area contributed by atoms with E-state index in [2.05, 4.69) is 26.9 Å². The second kappa shape index (κ2) is 7.05. The number of fused-ring (bicyclic) bond motifs is 2. The molecule has 0 aromatic carbocycles. The number of aromatic nitrogens is 4. The van der Waals surface area contributed by atoms with E-state index in [0.717, 1.165) is 41.8 Å². The molecule has 0 spiro atoms. The SMILES string of the molecule is Cc1ncnc2c1ccn2[C@@H]1C[C@H](Oc2nccc3c2CN(C)CC3)[C@@H](O)[C@H]1O. The van der Waals surface area contributed by atoms with E-state index in [-0.39, 0.29) is 6.04 Å². The quantitative estimate of drug-likeness (QED) is 0.689. The molecule has 0 radical (unpaired) electrons. The van der Waals surface area contributed by atoms with Gasteiger partial charge >= 0.3 is 0 Å². The van der Waals surface area contributed by atoms with Gasteiger partial charge in [0.1, 0.15) is 30.3 Å². The van der Waals surface area contributed by atoms with E-state index in [0.29, 0.717) is 12.3 Å². The van der Waals surface area contributed by atoms with Gasteiger partial charge in [-0.3, -0.25) is 0 Å². The molecule has 1 fully saturated rings. The van der Waals surface area contributed by atoms with Gasteiger partial charge in [0.2, 0.25) is 5.88 Å². The number of hydrogen-bond acceptors (Lipinski definition) is 7. The lowest BCUT2D eigenvalue weighted by Crippen LogP contribution is -2.35. The lowest BCUT2D eigenvalue weighted by Gasteiger charge is -2.27. The number of aliphatic hydroxyl groups excluding tert-OH is 2. The van der Waals surface area contributed by atoms with E-state index in [4.69, 9.17) is 4.74 Å². The monoisotopic (exact) mass is 395 g/mol. The summed E-state index contributed by atoms with van der Waals surface area (Å²) >= 11 is 0. The average Bonchev–Trinajstić information content (AvgIpc) is 3.26. The Morgan fingerprint density at radius 1 is 1.14 bits per heavy atom. The van der Waals surface area contributed by atoms with Gasteiger partial charge in [0.15, 0.2) is 0 Å². The van der Waals surface area contributed by atoms with Crippen molar-refractivity contribution < 1.29 is 14.9 Å². The first-order valence-electron chi connectivity index (χ1n) is 9.99. The number of hydrogen-bond donors (Lipinski definition) is 2. The summed E-state index contributed by atoms with van der Waals surface area (Å²) in [5.74, 6) is 0.557. The van der Waals surface area contributed by atoms with E-state index in [1.54, 1.807) is 6.20 Å². The predicted molar refractivity (Wildman–Crippen MR) is 107 cm³/mol. The van der Waals surface area contributed by atoms with E-state index in [9.17, 15) is 10.2 Å². The van der Waals surface area contributed by atoms with Crippen molar-refractivity contribution in [1.29, 1.82) is 0 Å². The molecule has 3 aromatic rings. The molecule has 4 heterocycles. The van der Waals surface area contributed by atoms with Gasteiger partial charge < -0.3 is 24.4 Å². The fourth-order valence-electron chi connectivity index (χ4n) is 4.54. The van der Waals surface area contributed by atoms with Gasteiger partial charge in [0.05, 0.1) is 11.7 Å². The Kier molecular flexibility index (Phi) is 4.49. The molecule has 3 aromatic heterocycles. The molecule has 8 nitrogen and oxygen atoms in total. The number of aliphatic hydroxyl groups is 2. The van der Waals surface area contributed by atoms with Crippen LogP contribution in [0, 0.1) is 6.92 Å². The highest BCUT2D eigenvalue weighted by atomic mass is 16.5. The minimum atomic E-state index is -1.00. The first-order chi connectivity index (χ1) is 14.0. The molecule has 29 heavy (non-hydrogen) atoms. The number of aryl methyl sites for hydroxylation is 1. The van der Waals surface area contributed by atoms with Gasteiger partial charge in [-0.1, -0.05) is 0 Å². The summed E-state index contributed by atoms with van der Waals surface area (Å²) in [7, 11) is 2.07. The van der Waals surface area contributed by atoms with Gasteiger partial charge in [-0.05, 0) is 38.1 Å². The number of rotatable bonds is 3. The molecule has 0 amide bonds. The van der Waals surface area contributed by atoms with E-state index in [1.807, 2.05) is 29.8 Å². The molecule has 0 unspecified atom stereocenters. The second-order valence-electron chi connectivity index (χ2n) is 8.10. The molecule has 152 valence electrons. The summed E-state index contributed by atoms with van der Waals surface area (Å²) in [5, 5.41) is 22.4. The van der Waals surface area contributed by atoms with Crippen LogP contribution in [0.4, 0.5) is 0 Å². The van der Waals surface area contributed by atoms with E-state index in [1.165, 1.54) is 11.9 Å². The topological polar surface area (TPSA) is 96.5 Å². The van der Waals surface area contributed by atoms with Crippen molar-refractivity contribution in [2.45, 2.75) is 50.7 Å². The van der Waals surface area contributed by atoms with Crippen LogP contribution in [0.1, 0.15) is 29.3 Å². The van der Waals surface area contributed by atoms with Crippen LogP contribution >= 0.6 is 0 Å². The zero-order valence-electron chi connectivity index (χ0n) is 16.6. The summed E-state index contributed by atoms with van der Waals surface area (Å²) in [4.78, 5) is 15.3. The minimum Gasteiger partial charge on any atom is -0.471 e. The van der Waals surface area contributed by atoms with Crippen LogP contribution in [0.2, 0.25) is 0 Å². The second-order valence-corrected chi connectivity index (χ2v) is 8.10. The van der Waals surface area contributed by atoms with Crippen LogP contribution in [-0.2, 0) is 13.0 Å². The summed E-state index contributed by atoms with van der Waals surface area (Å²) in [6.07, 6.45) is 4.11. The Balaban J connectivity index is 1.43. The maximum absolute atomic E-state index is 10.8. The lowest BCUT2D eigenvalue weighted by molar-refractivity contribution is -0.0179. The number of nitrogens with zero attached hydrogens (tertiary/aromatic N) is 5. The van der Waals surface area contributed by atoms with Gasteiger partial charge in [-0.2, -0.15) is 0 Å². The molecule has 2 N–H and O–H groups in total.